The van der Waals surface area contributed by atoms with Gasteiger partial charge in [0.1, 0.15) is 0 Å². The lowest BCUT2D eigenvalue weighted by Gasteiger charge is -2.17. The molecule has 0 spiro atoms. The van der Waals surface area contributed by atoms with Gasteiger partial charge in [-0.15, -0.1) is 0 Å². The third-order valence-electron chi connectivity index (χ3n) is 13.4. The SMILES string of the molecule is c1ccc(-c2ccc(-c3ccc(-c4ccccc4)cc3-n3c4ccccc4c4c3ccc3c5ccccc5n(-c5nc(-c6ccccc6)cc(-c6cccc(-c7ccccc7)c6)n5)c34)cc2)cc1. The van der Waals surface area contributed by atoms with Crippen LogP contribution in [0.3, 0.4) is 0 Å². The quantitative estimate of drug-likeness (QED) is 0.153. The maximum atomic E-state index is 5.53. The number of fused-ring (bicyclic) bond motifs is 7. The van der Waals surface area contributed by atoms with Crippen LogP contribution in [0.4, 0.5) is 0 Å². The van der Waals surface area contributed by atoms with Crippen LogP contribution >= 0.6 is 0 Å². The first kappa shape index (κ1) is 39.3. The number of para-hydroxylation sites is 2. The molecule has 0 aliphatic rings. The van der Waals surface area contributed by atoms with E-state index in [2.05, 4.69) is 264 Å². The molecule has 0 amide bonds. The summed E-state index contributed by atoms with van der Waals surface area (Å²) in [6, 6.07) is 91.1. The summed E-state index contributed by atoms with van der Waals surface area (Å²) in [7, 11) is 0. The molecule has 0 atom stereocenters. The number of hydrogen-bond acceptors (Lipinski definition) is 2. The van der Waals surface area contributed by atoms with Gasteiger partial charge >= 0.3 is 0 Å². The summed E-state index contributed by atoms with van der Waals surface area (Å²) in [4.78, 5) is 11.0. The minimum atomic E-state index is 0.618. The van der Waals surface area contributed by atoms with Crippen LogP contribution in [0.1, 0.15) is 0 Å². The highest BCUT2D eigenvalue weighted by Gasteiger charge is 2.24. The van der Waals surface area contributed by atoms with Gasteiger partial charge in [0.25, 0.3) is 0 Å². The van der Waals surface area contributed by atoms with Crippen molar-refractivity contribution in [3.05, 3.63) is 255 Å². The van der Waals surface area contributed by atoms with Crippen LogP contribution in [-0.4, -0.2) is 19.1 Å². The number of nitrogens with zero attached hydrogens (tertiary/aromatic N) is 4. The zero-order chi connectivity index (χ0) is 45.0. The minimum absolute atomic E-state index is 0.618. The van der Waals surface area contributed by atoms with E-state index in [-0.39, 0.29) is 0 Å². The van der Waals surface area contributed by atoms with E-state index in [9.17, 15) is 0 Å². The first-order valence-electron chi connectivity index (χ1n) is 23.2. The van der Waals surface area contributed by atoms with Crippen molar-refractivity contribution in [2.75, 3.05) is 0 Å². The van der Waals surface area contributed by atoms with Crippen molar-refractivity contribution in [2.24, 2.45) is 0 Å². The van der Waals surface area contributed by atoms with Crippen LogP contribution in [0, 0.1) is 0 Å². The molecule has 0 N–H and O–H groups in total. The van der Waals surface area contributed by atoms with Crippen LogP contribution in [0.15, 0.2) is 255 Å². The van der Waals surface area contributed by atoms with Gasteiger partial charge in [-0.2, -0.15) is 0 Å². The molecular formula is C64H42N4. The average molecular weight is 867 g/mol. The van der Waals surface area contributed by atoms with Crippen LogP contribution in [0.25, 0.3) is 122 Å². The summed E-state index contributed by atoms with van der Waals surface area (Å²) in [6.07, 6.45) is 0. The van der Waals surface area contributed by atoms with Crippen LogP contribution in [-0.2, 0) is 0 Å². The second-order valence-corrected chi connectivity index (χ2v) is 17.4. The second-order valence-electron chi connectivity index (χ2n) is 17.4. The van der Waals surface area contributed by atoms with Crippen molar-refractivity contribution in [2.45, 2.75) is 0 Å². The summed E-state index contributed by atoms with van der Waals surface area (Å²) >= 11 is 0. The Morgan fingerprint density at radius 3 is 1.40 bits per heavy atom. The predicted molar refractivity (Wildman–Crippen MR) is 283 cm³/mol. The highest BCUT2D eigenvalue weighted by molar-refractivity contribution is 6.26. The standard InChI is InChI=1S/C64H42N4/c1-5-18-43(19-6-1)46-32-34-47(35-33-46)52-37-36-50(45-22-9-3-10-23-45)41-61(52)67-59-31-16-14-29-55(59)62-60(67)39-38-54-53-28-13-15-30-58(53)68(63(54)62)64-65-56(48-24-11-4-12-25-48)42-57(66-64)51-27-17-26-49(40-51)44-20-7-2-8-21-44/h1-42H. The van der Waals surface area contributed by atoms with Crippen molar-refractivity contribution in [3.63, 3.8) is 0 Å². The number of hydrogen-bond donors (Lipinski definition) is 0. The molecule has 3 aromatic heterocycles. The van der Waals surface area contributed by atoms with Crippen LogP contribution in [0.2, 0.25) is 0 Å². The summed E-state index contributed by atoms with van der Waals surface area (Å²) in [5.74, 6) is 0.618. The Labute approximate surface area is 394 Å². The first-order valence-corrected chi connectivity index (χ1v) is 23.2. The summed E-state index contributed by atoms with van der Waals surface area (Å²) < 4.78 is 4.78. The summed E-state index contributed by atoms with van der Waals surface area (Å²) in [6.45, 7) is 0. The molecule has 4 heteroatoms. The molecule has 0 saturated heterocycles. The highest BCUT2D eigenvalue weighted by Crippen LogP contribution is 2.44. The van der Waals surface area contributed by atoms with E-state index in [4.69, 9.17) is 9.97 Å². The van der Waals surface area contributed by atoms with Crippen molar-refractivity contribution in [1.29, 1.82) is 0 Å². The Morgan fingerprint density at radius 2 is 0.735 bits per heavy atom. The van der Waals surface area contributed by atoms with Gasteiger partial charge in [0.05, 0.1) is 39.1 Å². The van der Waals surface area contributed by atoms with E-state index < -0.39 is 0 Å². The van der Waals surface area contributed by atoms with Crippen molar-refractivity contribution in [3.8, 4) is 78.7 Å². The van der Waals surface area contributed by atoms with Crippen molar-refractivity contribution >= 4 is 43.6 Å². The second kappa shape index (κ2) is 16.4. The van der Waals surface area contributed by atoms with Gasteiger partial charge < -0.3 is 4.57 Å². The molecule has 318 valence electrons. The lowest BCUT2D eigenvalue weighted by Crippen LogP contribution is -2.04. The van der Waals surface area contributed by atoms with Gasteiger partial charge in [0.2, 0.25) is 5.95 Å². The van der Waals surface area contributed by atoms with Gasteiger partial charge in [0.15, 0.2) is 0 Å². The summed E-state index contributed by atoms with van der Waals surface area (Å²) in [5.41, 5.74) is 18.5. The van der Waals surface area contributed by atoms with E-state index in [1.807, 2.05) is 0 Å². The highest BCUT2D eigenvalue weighted by atomic mass is 15.2. The molecule has 0 aliphatic carbocycles. The number of rotatable bonds is 8. The topological polar surface area (TPSA) is 35.6 Å². The van der Waals surface area contributed by atoms with Gasteiger partial charge in [0, 0.05) is 38.2 Å². The lowest BCUT2D eigenvalue weighted by molar-refractivity contribution is 0.998. The molecule has 68 heavy (non-hydrogen) atoms. The normalized spacial score (nSPS) is 11.5. The molecule has 4 nitrogen and oxygen atoms in total. The molecular weight excluding hydrogens is 825 g/mol. The monoisotopic (exact) mass is 866 g/mol. The maximum absolute atomic E-state index is 5.53. The predicted octanol–water partition coefficient (Wildman–Crippen LogP) is 16.7. The Balaban J connectivity index is 1.09. The van der Waals surface area contributed by atoms with E-state index in [1.54, 1.807) is 0 Å². The third-order valence-corrected chi connectivity index (χ3v) is 13.4. The van der Waals surface area contributed by atoms with Crippen LogP contribution in [0.5, 0.6) is 0 Å². The molecule has 13 rings (SSSR count). The maximum Gasteiger partial charge on any atom is 0.235 e. The van der Waals surface area contributed by atoms with E-state index in [0.717, 1.165) is 99.6 Å². The van der Waals surface area contributed by atoms with Gasteiger partial charge in [-0.25, -0.2) is 9.97 Å². The molecule has 0 radical (unpaired) electrons. The van der Waals surface area contributed by atoms with Gasteiger partial charge in [-0.1, -0.05) is 218 Å². The van der Waals surface area contributed by atoms with Crippen molar-refractivity contribution < 1.29 is 0 Å². The molecule has 0 saturated carbocycles. The fourth-order valence-electron chi connectivity index (χ4n) is 10.1. The number of benzene rings is 10. The zero-order valence-corrected chi connectivity index (χ0v) is 37.0. The Kier molecular flexibility index (Phi) is 9.47. The smallest absolute Gasteiger partial charge is 0.235 e. The largest absolute Gasteiger partial charge is 0.309 e. The molecule has 13 aromatic rings. The van der Waals surface area contributed by atoms with E-state index in [1.165, 1.54) is 16.7 Å². The molecule has 10 aromatic carbocycles. The molecule has 3 heterocycles. The van der Waals surface area contributed by atoms with Crippen LogP contribution < -0.4 is 0 Å². The Bertz CT molecular complexity index is 3980. The molecule has 0 bridgehead atoms. The fourth-order valence-corrected chi connectivity index (χ4v) is 10.1. The lowest BCUT2D eigenvalue weighted by atomic mass is 9.96. The first-order chi connectivity index (χ1) is 33.7. The van der Waals surface area contributed by atoms with Gasteiger partial charge in [-0.05, 0) is 75.3 Å². The average Bonchev–Trinajstić information content (AvgIpc) is 3.95. The fraction of sp³-hybridized carbons (Fsp3) is 0. The summed E-state index contributed by atoms with van der Waals surface area (Å²) in [5, 5.41) is 4.59. The van der Waals surface area contributed by atoms with Crippen molar-refractivity contribution in [1.82, 2.24) is 19.1 Å². The van der Waals surface area contributed by atoms with Gasteiger partial charge in [-0.3, -0.25) is 4.57 Å². The number of aromatic nitrogens is 4. The zero-order valence-electron chi connectivity index (χ0n) is 37.0. The molecule has 0 aliphatic heterocycles. The van der Waals surface area contributed by atoms with E-state index >= 15 is 0 Å². The molecule has 0 unspecified atom stereocenters. The van der Waals surface area contributed by atoms with E-state index in [0.29, 0.717) is 5.95 Å². The Morgan fingerprint density at radius 1 is 0.265 bits per heavy atom. The minimum Gasteiger partial charge on any atom is -0.309 e. The Hall–Kier alpha value is -9.12. The molecule has 0 fully saturated rings. The third kappa shape index (κ3) is 6.69.